The van der Waals surface area contributed by atoms with Crippen molar-refractivity contribution in [1.82, 2.24) is 10.2 Å². The minimum absolute atomic E-state index is 0.0329. The van der Waals surface area contributed by atoms with E-state index in [1.165, 1.54) is 0 Å². The van der Waals surface area contributed by atoms with Gasteiger partial charge >= 0.3 is 18.0 Å². The maximum Gasteiger partial charge on any atom is 0.463 e. The van der Waals surface area contributed by atoms with Gasteiger partial charge in [-0.05, 0) is 13.8 Å². The molecule has 1 N–H and O–H groups in total. The SMILES string of the molecule is CC(C)NC(=O)CN(C)C(=O)C(F)(F)C(F)(F)F. The highest BCUT2D eigenvalue weighted by Gasteiger charge is 2.64. The maximum absolute atomic E-state index is 12.6. The molecule has 0 aromatic rings. The summed E-state index contributed by atoms with van der Waals surface area (Å²) in [5, 5.41) is 2.26. The number of hydrogen-bond acceptors (Lipinski definition) is 2. The average Bonchev–Trinajstić information content (AvgIpc) is 2.12. The van der Waals surface area contributed by atoms with Crippen molar-refractivity contribution in [3.63, 3.8) is 0 Å². The summed E-state index contributed by atoms with van der Waals surface area (Å²) in [6.45, 7) is 2.27. The van der Waals surface area contributed by atoms with Gasteiger partial charge in [-0.15, -0.1) is 0 Å². The Morgan fingerprint density at radius 3 is 1.94 bits per heavy atom. The van der Waals surface area contributed by atoms with Gasteiger partial charge < -0.3 is 10.2 Å². The van der Waals surface area contributed by atoms with E-state index in [4.69, 9.17) is 0 Å². The average molecular weight is 276 g/mol. The molecule has 0 aromatic carbocycles. The normalized spacial score (nSPS) is 12.5. The highest BCUT2D eigenvalue weighted by Crippen LogP contribution is 2.36. The first-order chi connectivity index (χ1) is 7.89. The second kappa shape index (κ2) is 5.49. The smallest absolute Gasteiger partial charge is 0.352 e. The maximum atomic E-state index is 12.6. The van der Waals surface area contributed by atoms with Crippen LogP contribution in [0.3, 0.4) is 0 Å². The van der Waals surface area contributed by atoms with E-state index in [0.29, 0.717) is 7.05 Å². The van der Waals surface area contributed by atoms with Crippen molar-refractivity contribution < 1.29 is 31.5 Å². The van der Waals surface area contributed by atoms with Gasteiger partial charge in [0.25, 0.3) is 0 Å². The quantitative estimate of drug-likeness (QED) is 0.783. The van der Waals surface area contributed by atoms with Crippen molar-refractivity contribution in [2.75, 3.05) is 13.6 Å². The summed E-state index contributed by atoms with van der Waals surface area (Å²) < 4.78 is 61.0. The van der Waals surface area contributed by atoms with Gasteiger partial charge in [0.05, 0.1) is 6.54 Å². The van der Waals surface area contributed by atoms with E-state index in [1.807, 2.05) is 0 Å². The summed E-state index contributed by atoms with van der Waals surface area (Å²) in [5.74, 6) is -8.78. The summed E-state index contributed by atoms with van der Waals surface area (Å²) >= 11 is 0. The fraction of sp³-hybridized carbons (Fsp3) is 0.778. The van der Waals surface area contributed by atoms with Crippen LogP contribution in [-0.2, 0) is 9.59 Å². The molecule has 106 valence electrons. The summed E-state index contributed by atoms with van der Waals surface area (Å²) in [6, 6.07) is -0.316. The number of carbonyl (C=O) groups is 2. The van der Waals surface area contributed by atoms with E-state index < -0.39 is 30.5 Å². The first-order valence-corrected chi connectivity index (χ1v) is 4.89. The molecule has 18 heavy (non-hydrogen) atoms. The van der Waals surface area contributed by atoms with Crippen molar-refractivity contribution >= 4 is 11.8 Å². The van der Waals surface area contributed by atoms with Crippen LogP contribution in [-0.4, -0.2) is 48.4 Å². The Hall–Kier alpha value is -1.41. The van der Waals surface area contributed by atoms with Gasteiger partial charge in [0, 0.05) is 13.1 Å². The van der Waals surface area contributed by atoms with Gasteiger partial charge in [0.15, 0.2) is 0 Å². The summed E-state index contributed by atoms with van der Waals surface area (Å²) in [7, 11) is 0.696. The minimum Gasteiger partial charge on any atom is -0.352 e. The molecule has 0 saturated heterocycles. The molecule has 0 heterocycles. The van der Waals surface area contributed by atoms with E-state index in [1.54, 1.807) is 13.8 Å². The lowest BCUT2D eigenvalue weighted by Gasteiger charge is -2.24. The Morgan fingerprint density at radius 1 is 1.17 bits per heavy atom. The number of nitrogens with one attached hydrogen (secondary N) is 1. The number of amides is 2. The second-order valence-electron chi connectivity index (χ2n) is 3.96. The molecule has 0 aliphatic heterocycles. The monoisotopic (exact) mass is 276 g/mol. The molecule has 9 heteroatoms. The van der Waals surface area contributed by atoms with E-state index in [9.17, 15) is 31.5 Å². The standard InChI is InChI=1S/C9H13F5N2O2/c1-5(2)15-6(17)4-16(3)7(18)8(10,11)9(12,13)14/h5H,4H2,1-3H3,(H,15,17). The fourth-order valence-corrected chi connectivity index (χ4v) is 1.02. The highest BCUT2D eigenvalue weighted by atomic mass is 19.4. The molecular weight excluding hydrogens is 263 g/mol. The Balaban J connectivity index is 4.67. The van der Waals surface area contributed by atoms with Crippen LogP contribution >= 0.6 is 0 Å². The van der Waals surface area contributed by atoms with Gasteiger partial charge in [-0.2, -0.15) is 22.0 Å². The highest BCUT2D eigenvalue weighted by molar-refractivity contribution is 5.88. The van der Waals surface area contributed by atoms with Crippen molar-refractivity contribution in [3.8, 4) is 0 Å². The molecule has 0 aromatic heterocycles. The first-order valence-electron chi connectivity index (χ1n) is 4.89. The zero-order chi connectivity index (χ0) is 14.7. The van der Waals surface area contributed by atoms with E-state index in [-0.39, 0.29) is 10.9 Å². The fourth-order valence-electron chi connectivity index (χ4n) is 1.02. The topological polar surface area (TPSA) is 49.4 Å². The van der Waals surface area contributed by atoms with Gasteiger partial charge in [-0.3, -0.25) is 9.59 Å². The number of carbonyl (C=O) groups excluding carboxylic acids is 2. The summed E-state index contributed by atoms with van der Waals surface area (Å²) in [5.41, 5.74) is 0. The molecule has 0 radical (unpaired) electrons. The van der Waals surface area contributed by atoms with Crippen molar-refractivity contribution in [3.05, 3.63) is 0 Å². The summed E-state index contributed by atoms with van der Waals surface area (Å²) in [4.78, 5) is 22.1. The largest absolute Gasteiger partial charge is 0.463 e. The Kier molecular flexibility index (Phi) is 5.06. The molecule has 0 fully saturated rings. The van der Waals surface area contributed by atoms with Crippen LogP contribution in [0.2, 0.25) is 0 Å². The van der Waals surface area contributed by atoms with Crippen LogP contribution < -0.4 is 5.32 Å². The number of likely N-dealkylation sites (N-methyl/N-ethyl adjacent to an activating group) is 1. The third kappa shape index (κ3) is 4.11. The molecule has 0 rings (SSSR count). The number of hydrogen-bond donors (Lipinski definition) is 1. The first kappa shape index (κ1) is 16.6. The molecule has 0 unspecified atom stereocenters. The zero-order valence-electron chi connectivity index (χ0n) is 9.94. The van der Waals surface area contributed by atoms with Gasteiger partial charge in [-0.1, -0.05) is 0 Å². The van der Waals surface area contributed by atoms with Gasteiger partial charge in [-0.25, -0.2) is 0 Å². The van der Waals surface area contributed by atoms with E-state index >= 15 is 0 Å². The van der Waals surface area contributed by atoms with Crippen LogP contribution in [0.25, 0.3) is 0 Å². The lowest BCUT2D eigenvalue weighted by atomic mass is 10.2. The predicted molar refractivity (Wildman–Crippen MR) is 51.9 cm³/mol. The number of alkyl halides is 5. The number of halogens is 5. The number of nitrogens with zero attached hydrogens (tertiary/aromatic N) is 1. The third-order valence-electron chi connectivity index (χ3n) is 1.80. The van der Waals surface area contributed by atoms with E-state index in [2.05, 4.69) is 5.32 Å². The number of rotatable bonds is 4. The molecule has 0 aliphatic rings. The van der Waals surface area contributed by atoms with Crippen LogP contribution in [0.1, 0.15) is 13.8 Å². The van der Waals surface area contributed by atoms with Crippen LogP contribution in [0, 0.1) is 0 Å². The predicted octanol–water partition coefficient (Wildman–Crippen LogP) is 1.17. The Labute approximate surface area is 100 Å². The minimum atomic E-state index is -5.98. The second-order valence-corrected chi connectivity index (χ2v) is 3.96. The molecule has 0 saturated carbocycles. The van der Waals surface area contributed by atoms with Crippen molar-refractivity contribution in [1.29, 1.82) is 0 Å². The Morgan fingerprint density at radius 2 is 1.61 bits per heavy atom. The molecular formula is C9H13F5N2O2. The van der Waals surface area contributed by atoms with Crippen LogP contribution in [0.5, 0.6) is 0 Å². The molecule has 2 amide bonds. The van der Waals surface area contributed by atoms with E-state index in [0.717, 1.165) is 0 Å². The van der Waals surface area contributed by atoms with Crippen LogP contribution in [0.15, 0.2) is 0 Å². The lowest BCUT2D eigenvalue weighted by molar-refractivity contribution is -0.273. The van der Waals surface area contributed by atoms with Crippen molar-refractivity contribution in [2.24, 2.45) is 0 Å². The summed E-state index contributed by atoms with van der Waals surface area (Å²) in [6.07, 6.45) is -5.98. The molecule has 0 spiro atoms. The molecule has 0 atom stereocenters. The van der Waals surface area contributed by atoms with Crippen molar-refractivity contribution in [2.45, 2.75) is 32.0 Å². The van der Waals surface area contributed by atoms with Crippen LogP contribution in [0.4, 0.5) is 22.0 Å². The third-order valence-corrected chi connectivity index (χ3v) is 1.80. The molecule has 0 bridgehead atoms. The lowest BCUT2D eigenvalue weighted by Crippen LogP contribution is -2.53. The van der Waals surface area contributed by atoms with Gasteiger partial charge in [0.2, 0.25) is 5.91 Å². The molecule has 4 nitrogen and oxygen atoms in total. The van der Waals surface area contributed by atoms with Gasteiger partial charge in [0.1, 0.15) is 0 Å². The Bertz CT molecular complexity index is 327. The zero-order valence-corrected chi connectivity index (χ0v) is 9.94. The molecule has 0 aliphatic carbocycles.